The first kappa shape index (κ1) is 5.28. The van der Waals surface area contributed by atoms with E-state index in [1.807, 2.05) is 0 Å². The molecule has 1 aliphatic heterocycles. The van der Waals surface area contributed by atoms with Gasteiger partial charge in [0.25, 0.3) is 0 Å². The predicted octanol–water partition coefficient (Wildman–Crippen LogP) is 1.61. The van der Waals surface area contributed by atoms with Gasteiger partial charge in [0.15, 0.2) is 0 Å². The molecule has 1 rings (SSSR count). The zero-order valence-electron chi connectivity index (χ0n) is 4.83. The topological polar surface area (TPSA) is 38.8 Å². The summed E-state index contributed by atoms with van der Waals surface area (Å²) in [6.07, 6.45) is 3.80. The van der Waals surface area contributed by atoms with Gasteiger partial charge in [-0.05, 0) is 11.6 Å². The second kappa shape index (κ2) is 2.45. The van der Waals surface area contributed by atoms with Crippen molar-refractivity contribution in [2.24, 2.45) is 10.3 Å². The highest BCUT2D eigenvalue weighted by Gasteiger charge is 1.98. The monoisotopic (exact) mass is 110 g/mol. The van der Waals surface area contributed by atoms with Crippen LogP contribution in [0.3, 0.4) is 0 Å². The van der Waals surface area contributed by atoms with Crippen LogP contribution in [-0.4, -0.2) is 0 Å². The molecule has 0 spiro atoms. The van der Waals surface area contributed by atoms with Crippen molar-refractivity contribution < 1.29 is 0 Å². The van der Waals surface area contributed by atoms with Crippen LogP contribution in [0.15, 0.2) is 22.2 Å². The lowest BCUT2D eigenvalue weighted by atomic mass is 10.3. The van der Waals surface area contributed by atoms with Crippen molar-refractivity contribution in [3.05, 3.63) is 11.9 Å². The summed E-state index contributed by atoms with van der Waals surface area (Å²) >= 11 is 0. The van der Waals surface area contributed by atoms with Gasteiger partial charge in [0.1, 0.15) is 0 Å². The van der Waals surface area contributed by atoms with Gasteiger partial charge in [-0.3, -0.25) is 0 Å². The van der Waals surface area contributed by atoms with Crippen molar-refractivity contribution in [1.82, 2.24) is 5.43 Å². The molecule has 0 aromatic rings. The van der Waals surface area contributed by atoms with Crippen LogP contribution in [0, 0.1) is 0 Å². The summed E-state index contributed by atoms with van der Waals surface area (Å²) in [6.45, 7) is 2.11. The third-order valence-corrected chi connectivity index (χ3v) is 0.938. The molecule has 0 saturated carbocycles. The molecule has 1 heterocycles. The minimum absolute atomic E-state index is 0.993. The molecule has 1 aliphatic rings. The lowest BCUT2D eigenvalue weighted by Gasteiger charge is -1.89. The van der Waals surface area contributed by atoms with Crippen LogP contribution in [0.2, 0.25) is 0 Å². The van der Waals surface area contributed by atoms with E-state index in [0.29, 0.717) is 0 Å². The van der Waals surface area contributed by atoms with Crippen LogP contribution in [0.5, 0.6) is 0 Å². The average Bonchev–Trinajstić information content (AvgIpc) is 2.19. The minimum Gasteiger partial charge on any atom is -0.137 e. The van der Waals surface area contributed by atoms with Crippen molar-refractivity contribution in [2.75, 3.05) is 0 Å². The lowest BCUT2D eigenvalue weighted by molar-refractivity contribution is 0.767. The number of allylic oxidation sites excluding steroid dienone is 1. The second-order valence-corrected chi connectivity index (χ2v) is 1.68. The Hall–Kier alpha value is -0.860. The van der Waals surface area contributed by atoms with Crippen molar-refractivity contribution in [1.29, 1.82) is 0 Å². The van der Waals surface area contributed by atoms with E-state index < -0.39 is 0 Å². The van der Waals surface area contributed by atoms with Crippen molar-refractivity contribution in [3.63, 3.8) is 0 Å². The van der Waals surface area contributed by atoms with Crippen molar-refractivity contribution >= 4 is 0 Å². The molecule has 0 aromatic carbocycles. The van der Waals surface area contributed by atoms with E-state index in [1.165, 1.54) is 0 Å². The highest BCUT2D eigenvalue weighted by Crippen LogP contribution is 2.06. The number of nitrogens with zero attached hydrogens (tertiary/aromatic N) is 3. The maximum absolute atomic E-state index is 3.74. The molecule has 0 aromatic heterocycles. The van der Waals surface area contributed by atoms with Crippen LogP contribution >= 0.6 is 0 Å². The first-order chi connectivity index (χ1) is 3.93. The van der Waals surface area contributed by atoms with Gasteiger partial charge in [-0.15, -0.1) is 10.5 Å². The summed E-state index contributed by atoms with van der Waals surface area (Å²) in [5.41, 5.74) is 4.74. The number of hydrogen-bond acceptors (Lipinski definition) is 2. The zero-order valence-corrected chi connectivity index (χ0v) is 4.83. The standard InChI is InChI=1S/C5H8N3/c1-2-3-5-4-6-8-7-5/h4H,2-3H2,1H3. The van der Waals surface area contributed by atoms with Gasteiger partial charge in [0.05, 0.1) is 11.9 Å². The Balaban J connectivity index is 2.28. The Morgan fingerprint density at radius 1 is 1.62 bits per heavy atom. The van der Waals surface area contributed by atoms with Crippen LogP contribution < -0.4 is 5.43 Å². The average molecular weight is 110 g/mol. The molecule has 0 bridgehead atoms. The smallest absolute Gasteiger partial charge is 0.0850 e. The molecule has 0 aliphatic carbocycles. The van der Waals surface area contributed by atoms with Crippen LogP contribution in [0.4, 0.5) is 0 Å². The van der Waals surface area contributed by atoms with Gasteiger partial charge < -0.3 is 0 Å². The molecule has 0 N–H and O–H groups in total. The molecule has 0 unspecified atom stereocenters. The third kappa shape index (κ3) is 1.05. The summed E-state index contributed by atoms with van der Waals surface area (Å²) in [5, 5.41) is 7.02. The van der Waals surface area contributed by atoms with Gasteiger partial charge in [-0.2, -0.15) is 0 Å². The van der Waals surface area contributed by atoms with Crippen LogP contribution in [-0.2, 0) is 0 Å². The Bertz CT molecular complexity index is 126. The number of rotatable bonds is 2. The fraction of sp³-hybridized carbons (Fsp3) is 0.600. The molecule has 3 nitrogen and oxygen atoms in total. The molecule has 3 heteroatoms. The maximum Gasteiger partial charge on any atom is 0.0850 e. The summed E-state index contributed by atoms with van der Waals surface area (Å²) < 4.78 is 0. The third-order valence-electron chi connectivity index (χ3n) is 0.938. The molecular formula is C5H8N3. The molecule has 1 radical (unpaired) electrons. The van der Waals surface area contributed by atoms with E-state index in [-0.39, 0.29) is 0 Å². The van der Waals surface area contributed by atoms with E-state index in [0.717, 1.165) is 18.5 Å². The second-order valence-electron chi connectivity index (χ2n) is 1.68. The molecule has 0 saturated heterocycles. The molecular weight excluding hydrogens is 102 g/mol. The normalized spacial score (nSPS) is 15.9. The van der Waals surface area contributed by atoms with Crippen molar-refractivity contribution in [2.45, 2.75) is 19.8 Å². The number of hydrogen-bond donors (Lipinski definition) is 0. The predicted molar refractivity (Wildman–Crippen MR) is 30.0 cm³/mol. The van der Waals surface area contributed by atoms with Gasteiger partial charge in [0.2, 0.25) is 0 Å². The van der Waals surface area contributed by atoms with E-state index in [1.54, 1.807) is 6.20 Å². The van der Waals surface area contributed by atoms with Gasteiger partial charge in [-0.1, -0.05) is 13.3 Å². The highest BCUT2D eigenvalue weighted by molar-refractivity contribution is 4.98. The molecule has 0 fully saturated rings. The fourth-order valence-electron chi connectivity index (χ4n) is 0.572. The summed E-state index contributed by atoms with van der Waals surface area (Å²) in [4.78, 5) is 0. The SMILES string of the molecule is CCCC1=CN=N[N]1. The van der Waals surface area contributed by atoms with E-state index in [2.05, 4.69) is 22.7 Å². The highest BCUT2D eigenvalue weighted by atomic mass is 15.4. The summed E-state index contributed by atoms with van der Waals surface area (Å²) in [6, 6.07) is 0. The van der Waals surface area contributed by atoms with Gasteiger partial charge >= 0.3 is 0 Å². The minimum atomic E-state index is 0.993. The summed E-state index contributed by atoms with van der Waals surface area (Å²) in [7, 11) is 0. The molecule has 0 atom stereocenters. The van der Waals surface area contributed by atoms with E-state index in [4.69, 9.17) is 0 Å². The van der Waals surface area contributed by atoms with Crippen LogP contribution in [0.25, 0.3) is 0 Å². The van der Waals surface area contributed by atoms with E-state index in [9.17, 15) is 0 Å². The Morgan fingerprint density at radius 2 is 2.50 bits per heavy atom. The first-order valence-corrected chi connectivity index (χ1v) is 2.73. The van der Waals surface area contributed by atoms with Gasteiger partial charge in [-0.25, -0.2) is 0 Å². The Kier molecular flexibility index (Phi) is 1.62. The quantitative estimate of drug-likeness (QED) is 0.518. The lowest BCUT2D eigenvalue weighted by Crippen LogP contribution is -1.89. The molecule has 43 valence electrons. The zero-order chi connectivity index (χ0) is 5.82. The molecule has 8 heavy (non-hydrogen) atoms. The largest absolute Gasteiger partial charge is 0.137 e. The summed E-state index contributed by atoms with van der Waals surface area (Å²) in [5.74, 6) is 0. The molecule has 0 amide bonds. The van der Waals surface area contributed by atoms with Gasteiger partial charge in [0, 0.05) is 0 Å². The van der Waals surface area contributed by atoms with Crippen LogP contribution in [0.1, 0.15) is 19.8 Å². The fourth-order valence-corrected chi connectivity index (χ4v) is 0.572. The van der Waals surface area contributed by atoms with E-state index >= 15 is 0 Å². The Labute approximate surface area is 48.5 Å². The Morgan fingerprint density at radius 3 is 3.00 bits per heavy atom. The van der Waals surface area contributed by atoms with Crippen molar-refractivity contribution in [3.8, 4) is 0 Å². The maximum atomic E-state index is 3.74. The first-order valence-electron chi connectivity index (χ1n) is 2.73.